The monoisotopic (exact) mass is 323 g/mol. The zero-order chi connectivity index (χ0) is 16.1. The molecule has 0 aliphatic carbocycles. The van der Waals surface area contributed by atoms with Crippen LogP contribution in [0.15, 0.2) is 36.5 Å². The number of pyridine rings is 1. The van der Waals surface area contributed by atoms with Gasteiger partial charge < -0.3 is 9.47 Å². The minimum atomic E-state index is -0.818. The quantitative estimate of drug-likeness (QED) is 0.684. The number of amides is 1. The molecule has 0 spiro atoms. The standard InChI is InChI=1S/C13H10ClN3O5/c1-21-11-6-8(14)2-4-10(11)16-13(18)22-12-5-3-9(7-15-12)17(19)20/h2-7H,1H3,(H,16,18). The van der Waals surface area contributed by atoms with E-state index in [0.717, 1.165) is 6.20 Å². The third-order valence-electron chi connectivity index (χ3n) is 2.53. The largest absolute Gasteiger partial charge is 0.495 e. The second-order valence-electron chi connectivity index (χ2n) is 3.97. The highest BCUT2D eigenvalue weighted by atomic mass is 35.5. The summed E-state index contributed by atoms with van der Waals surface area (Å²) in [4.78, 5) is 25.3. The molecule has 9 heteroatoms. The Morgan fingerprint density at radius 3 is 2.73 bits per heavy atom. The molecule has 114 valence electrons. The minimum Gasteiger partial charge on any atom is -0.495 e. The minimum absolute atomic E-state index is 0.0731. The summed E-state index contributed by atoms with van der Waals surface area (Å²) in [6, 6.07) is 7.05. The number of nitrogens with zero attached hydrogens (tertiary/aromatic N) is 2. The van der Waals surface area contributed by atoms with Crippen molar-refractivity contribution in [3.05, 3.63) is 51.7 Å². The van der Waals surface area contributed by atoms with Gasteiger partial charge in [-0.2, -0.15) is 0 Å². The highest BCUT2D eigenvalue weighted by Crippen LogP contribution is 2.28. The smallest absolute Gasteiger partial charge is 0.418 e. The van der Waals surface area contributed by atoms with Gasteiger partial charge in [0.1, 0.15) is 11.9 Å². The SMILES string of the molecule is COc1cc(Cl)ccc1NC(=O)Oc1ccc([N+](=O)[O-])cn1. The van der Waals surface area contributed by atoms with Gasteiger partial charge in [-0.3, -0.25) is 15.4 Å². The van der Waals surface area contributed by atoms with Crippen molar-refractivity contribution in [2.75, 3.05) is 12.4 Å². The van der Waals surface area contributed by atoms with Crippen LogP contribution in [0.3, 0.4) is 0 Å². The Morgan fingerprint density at radius 2 is 2.14 bits per heavy atom. The van der Waals surface area contributed by atoms with E-state index in [1.165, 1.54) is 25.3 Å². The molecule has 0 bridgehead atoms. The molecule has 1 heterocycles. The Balaban J connectivity index is 2.05. The Hall–Kier alpha value is -2.87. The van der Waals surface area contributed by atoms with E-state index in [2.05, 4.69) is 10.3 Å². The van der Waals surface area contributed by atoms with Crippen molar-refractivity contribution in [2.24, 2.45) is 0 Å². The number of hydrogen-bond donors (Lipinski definition) is 1. The van der Waals surface area contributed by atoms with Crippen molar-refractivity contribution in [3.8, 4) is 11.6 Å². The average molecular weight is 324 g/mol. The van der Waals surface area contributed by atoms with Crippen LogP contribution >= 0.6 is 11.6 Å². The summed E-state index contributed by atoms with van der Waals surface area (Å²) in [7, 11) is 1.43. The van der Waals surface area contributed by atoms with Crippen molar-refractivity contribution in [2.45, 2.75) is 0 Å². The number of nitro groups is 1. The first kappa shape index (κ1) is 15.5. The van der Waals surface area contributed by atoms with Crippen LogP contribution in [0.1, 0.15) is 0 Å². The van der Waals surface area contributed by atoms with Gasteiger partial charge in [-0.15, -0.1) is 0 Å². The normalized spacial score (nSPS) is 9.91. The van der Waals surface area contributed by atoms with E-state index in [4.69, 9.17) is 21.1 Å². The topological polar surface area (TPSA) is 104 Å². The maximum absolute atomic E-state index is 11.8. The molecular formula is C13H10ClN3O5. The Labute approximate surface area is 129 Å². The van der Waals surface area contributed by atoms with Gasteiger partial charge in [0.15, 0.2) is 0 Å². The van der Waals surface area contributed by atoms with Crippen molar-refractivity contribution < 1.29 is 19.2 Å². The van der Waals surface area contributed by atoms with E-state index < -0.39 is 11.0 Å². The Morgan fingerprint density at radius 1 is 1.36 bits per heavy atom. The number of benzene rings is 1. The summed E-state index contributed by atoms with van der Waals surface area (Å²) in [6.45, 7) is 0. The van der Waals surface area contributed by atoms with Crippen LogP contribution in [0.5, 0.6) is 11.6 Å². The molecular weight excluding hydrogens is 314 g/mol. The second kappa shape index (κ2) is 6.72. The number of ether oxygens (including phenoxy) is 2. The summed E-state index contributed by atoms with van der Waals surface area (Å²) < 4.78 is 9.98. The van der Waals surface area contributed by atoms with E-state index >= 15 is 0 Å². The van der Waals surface area contributed by atoms with Crippen LogP contribution < -0.4 is 14.8 Å². The van der Waals surface area contributed by atoms with Gasteiger partial charge in [0.2, 0.25) is 5.88 Å². The van der Waals surface area contributed by atoms with Crippen molar-refractivity contribution in [1.82, 2.24) is 4.98 Å². The predicted molar refractivity (Wildman–Crippen MR) is 78.5 cm³/mol. The molecule has 22 heavy (non-hydrogen) atoms. The summed E-state index contributed by atoms with van der Waals surface area (Å²) in [5.41, 5.74) is 0.158. The molecule has 0 atom stereocenters. The van der Waals surface area contributed by atoms with Crippen molar-refractivity contribution >= 4 is 29.1 Å². The Kier molecular flexibility index (Phi) is 4.74. The highest BCUT2D eigenvalue weighted by molar-refractivity contribution is 6.30. The lowest BCUT2D eigenvalue weighted by Crippen LogP contribution is -2.17. The molecule has 8 nitrogen and oxygen atoms in total. The third-order valence-corrected chi connectivity index (χ3v) is 2.76. The van der Waals surface area contributed by atoms with Gasteiger partial charge in [0, 0.05) is 23.2 Å². The molecule has 0 saturated carbocycles. The zero-order valence-electron chi connectivity index (χ0n) is 11.3. The molecule has 1 N–H and O–H groups in total. The van der Waals surface area contributed by atoms with Crippen LogP contribution in [-0.2, 0) is 0 Å². The molecule has 1 amide bonds. The molecule has 1 aromatic heterocycles. The summed E-state index contributed by atoms with van der Waals surface area (Å²) in [6.07, 6.45) is 0.174. The Bertz CT molecular complexity index is 705. The molecule has 0 aliphatic heterocycles. The van der Waals surface area contributed by atoms with Gasteiger partial charge in [0.25, 0.3) is 5.69 Å². The van der Waals surface area contributed by atoms with Crippen molar-refractivity contribution in [1.29, 1.82) is 0 Å². The zero-order valence-corrected chi connectivity index (χ0v) is 12.0. The fraction of sp³-hybridized carbons (Fsp3) is 0.0769. The molecule has 2 rings (SSSR count). The average Bonchev–Trinajstić information content (AvgIpc) is 2.49. The number of rotatable bonds is 4. The van der Waals surface area contributed by atoms with Gasteiger partial charge in [0.05, 0.1) is 17.7 Å². The van der Waals surface area contributed by atoms with Crippen molar-refractivity contribution in [3.63, 3.8) is 0 Å². The van der Waals surface area contributed by atoms with Crippen LogP contribution in [0.25, 0.3) is 0 Å². The van der Waals surface area contributed by atoms with Crippen LogP contribution in [0, 0.1) is 10.1 Å². The van der Waals surface area contributed by atoms with Gasteiger partial charge in [-0.05, 0) is 12.1 Å². The maximum Gasteiger partial charge on any atom is 0.418 e. The molecule has 1 aromatic carbocycles. The molecule has 2 aromatic rings. The summed E-state index contributed by atoms with van der Waals surface area (Å²) in [5.74, 6) is 0.289. The van der Waals surface area contributed by atoms with Crippen LogP contribution in [0.4, 0.5) is 16.2 Å². The lowest BCUT2D eigenvalue weighted by Gasteiger charge is -2.10. The first-order valence-electron chi connectivity index (χ1n) is 5.92. The van der Waals surface area contributed by atoms with Gasteiger partial charge in [-0.1, -0.05) is 11.6 Å². The molecule has 0 fully saturated rings. The number of anilines is 1. The number of carbonyl (C=O) groups excluding carboxylic acids is 1. The van der Waals surface area contributed by atoms with Gasteiger partial charge >= 0.3 is 6.09 Å². The number of methoxy groups -OCH3 is 1. The lowest BCUT2D eigenvalue weighted by molar-refractivity contribution is -0.385. The van der Waals surface area contributed by atoms with E-state index in [1.54, 1.807) is 12.1 Å². The second-order valence-corrected chi connectivity index (χ2v) is 4.41. The van der Waals surface area contributed by atoms with E-state index in [1.807, 2.05) is 0 Å². The molecule has 0 unspecified atom stereocenters. The van der Waals surface area contributed by atoms with E-state index in [0.29, 0.717) is 16.5 Å². The first-order chi connectivity index (χ1) is 10.5. The maximum atomic E-state index is 11.8. The highest BCUT2D eigenvalue weighted by Gasteiger charge is 2.12. The van der Waals surface area contributed by atoms with E-state index in [9.17, 15) is 14.9 Å². The van der Waals surface area contributed by atoms with Gasteiger partial charge in [-0.25, -0.2) is 9.78 Å². The number of carbonyl (C=O) groups is 1. The third kappa shape index (κ3) is 3.83. The number of nitrogens with one attached hydrogen (secondary N) is 1. The molecule has 0 aliphatic rings. The lowest BCUT2D eigenvalue weighted by atomic mass is 10.3. The van der Waals surface area contributed by atoms with Crippen LogP contribution in [-0.4, -0.2) is 23.1 Å². The van der Waals surface area contributed by atoms with Crippen LogP contribution in [0.2, 0.25) is 5.02 Å². The fourth-order valence-electron chi connectivity index (χ4n) is 1.54. The number of halogens is 1. The predicted octanol–water partition coefficient (Wildman–Crippen LogP) is 3.26. The first-order valence-corrected chi connectivity index (χ1v) is 6.30. The van der Waals surface area contributed by atoms with E-state index in [-0.39, 0.29) is 11.6 Å². The molecule has 0 saturated heterocycles. The number of hydrogen-bond acceptors (Lipinski definition) is 6. The number of aromatic nitrogens is 1. The summed E-state index contributed by atoms with van der Waals surface area (Å²) in [5, 5.41) is 13.4. The fourth-order valence-corrected chi connectivity index (χ4v) is 1.70. The molecule has 0 radical (unpaired) electrons. The summed E-state index contributed by atoms with van der Waals surface area (Å²) >= 11 is 5.81.